The molecule has 2 rings (SSSR count). The van der Waals surface area contributed by atoms with Crippen LogP contribution in [0.1, 0.15) is 43.5 Å². The Hall–Kier alpha value is -0.0500. The molecule has 1 atom stereocenters. The van der Waals surface area contributed by atoms with Gasteiger partial charge in [-0.3, -0.25) is 0 Å². The van der Waals surface area contributed by atoms with E-state index in [0.29, 0.717) is 6.04 Å². The van der Waals surface area contributed by atoms with Crippen molar-refractivity contribution < 1.29 is 0 Å². The standard InChI is InChI=1S/C12H18ClNS/c1-9(11-5-6-12(13)15-11)14-8-7-10-3-2-4-10/h5-6,9-10,14H,2-4,7-8H2,1H3. The van der Waals surface area contributed by atoms with Gasteiger partial charge in [-0.2, -0.15) is 0 Å². The molecular formula is C12H18ClNS. The second-order valence-corrected chi connectivity index (χ2v) is 6.15. The van der Waals surface area contributed by atoms with E-state index in [0.717, 1.165) is 16.8 Å². The molecule has 1 aromatic rings. The van der Waals surface area contributed by atoms with Gasteiger partial charge in [-0.25, -0.2) is 0 Å². The maximum Gasteiger partial charge on any atom is 0.0931 e. The molecule has 3 heteroatoms. The zero-order valence-corrected chi connectivity index (χ0v) is 10.7. The van der Waals surface area contributed by atoms with Crippen molar-refractivity contribution in [3.05, 3.63) is 21.3 Å². The lowest BCUT2D eigenvalue weighted by molar-refractivity contribution is 0.289. The summed E-state index contributed by atoms with van der Waals surface area (Å²) in [5.74, 6) is 0.997. The van der Waals surface area contributed by atoms with Crippen molar-refractivity contribution in [3.8, 4) is 0 Å². The van der Waals surface area contributed by atoms with Crippen LogP contribution in [0.5, 0.6) is 0 Å². The van der Waals surface area contributed by atoms with Gasteiger partial charge < -0.3 is 5.32 Å². The molecule has 15 heavy (non-hydrogen) atoms. The Morgan fingerprint density at radius 3 is 2.87 bits per heavy atom. The molecule has 0 amide bonds. The molecule has 0 radical (unpaired) electrons. The van der Waals surface area contributed by atoms with E-state index in [1.807, 2.05) is 6.07 Å². The predicted octanol–water partition coefficient (Wildman–Crippen LogP) is 4.24. The zero-order valence-electron chi connectivity index (χ0n) is 9.13. The van der Waals surface area contributed by atoms with Gasteiger partial charge in [0.2, 0.25) is 0 Å². The van der Waals surface area contributed by atoms with E-state index in [1.54, 1.807) is 11.3 Å². The fourth-order valence-corrected chi connectivity index (χ4v) is 3.03. The van der Waals surface area contributed by atoms with E-state index >= 15 is 0 Å². The molecule has 0 saturated heterocycles. The average molecular weight is 244 g/mol. The highest BCUT2D eigenvalue weighted by Crippen LogP contribution is 2.30. The number of hydrogen-bond acceptors (Lipinski definition) is 2. The monoisotopic (exact) mass is 243 g/mol. The van der Waals surface area contributed by atoms with Gasteiger partial charge in [0.05, 0.1) is 4.34 Å². The van der Waals surface area contributed by atoms with Crippen LogP contribution in [-0.4, -0.2) is 6.54 Å². The van der Waals surface area contributed by atoms with Gasteiger partial charge >= 0.3 is 0 Å². The van der Waals surface area contributed by atoms with Crippen LogP contribution in [0.3, 0.4) is 0 Å². The van der Waals surface area contributed by atoms with Crippen molar-refractivity contribution in [1.82, 2.24) is 5.32 Å². The van der Waals surface area contributed by atoms with Gasteiger partial charge in [0.15, 0.2) is 0 Å². The van der Waals surface area contributed by atoms with Crippen molar-refractivity contribution in [2.75, 3.05) is 6.54 Å². The quantitative estimate of drug-likeness (QED) is 0.816. The highest BCUT2D eigenvalue weighted by Gasteiger charge is 2.17. The number of thiophene rings is 1. The molecule has 0 bridgehead atoms. The van der Waals surface area contributed by atoms with Gasteiger partial charge in [0, 0.05) is 10.9 Å². The molecule has 0 aliphatic heterocycles. The molecule has 1 unspecified atom stereocenters. The third-order valence-corrected chi connectivity index (χ3v) is 4.66. The molecule has 1 aromatic heterocycles. The third-order valence-electron chi connectivity index (χ3n) is 3.25. The first kappa shape index (κ1) is 11.4. The lowest BCUT2D eigenvalue weighted by Crippen LogP contribution is -2.23. The predicted molar refractivity (Wildman–Crippen MR) is 67.7 cm³/mol. The summed E-state index contributed by atoms with van der Waals surface area (Å²) in [6.07, 6.45) is 5.67. The van der Waals surface area contributed by atoms with E-state index in [1.165, 1.54) is 30.6 Å². The molecule has 1 N–H and O–H groups in total. The molecule has 84 valence electrons. The van der Waals surface area contributed by atoms with Crippen molar-refractivity contribution in [2.24, 2.45) is 5.92 Å². The summed E-state index contributed by atoms with van der Waals surface area (Å²) in [5.41, 5.74) is 0. The largest absolute Gasteiger partial charge is 0.309 e. The summed E-state index contributed by atoms with van der Waals surface area (Å²) in [7, 11) is 0. The summed E-state index contributed by atoms with van der Waals surface area (Å²) in [6, 6.07) is 4.54. The minimum atomic E-state index is 0.447. The fourth-order valence-electron chi connectivity index (χ4n) is 1.95. The normalized spacial score (nSPS) is 18.8. The lowest BCUT2D eigenvalue weighted by atomic mass is 9.83. The van der Waals surface area contributed by atoms with Gasteiger partial charge in [-0.15, -0.1) is 11.3 Å². The first-order valence-corrected chi connectivity index (χ1v) is 6.94. The summed E-state index contributed by atoms with van der Waals surface area (Å²) in [4.78, 5) is 1.34. The number of rotatable bonds is 5. The highest BCUT2D eigenvalue weighted by atomic mass is 35.5. The third kappa shape index (κ3) is 3.20. The van der Waals surface area contributed by atoms with E-state index in [-0.39, 0.29) is 0 Å². The summed E-state index contributed by atoms with van der Waals surface area (Å²) < 4.78 is 0.887. The zero-order chi connectivity index (χ0) is 10.7. The van der Waals surface area contributed by atoms with Crippen molar-refractivity contribution in [3.63, 3.8) is 0 Å². The van der Waals surface area contributed by atoms with Crippen molar-refractivity contribution in [2.45, 2.75) is 38.6 Å². The Kier molecular flexibility index (Phi) is 4.06. The van der Waals surface area contributed by atoms with Crippen LogP contribution in [0.25, 0.3) is 0 Å². The maximum absolute atomic E-state index is 5.91. The van der Waals surface area contributed by atoms with E-state index in [9.17, 15) is 0 Å². The van der Waals surface area contributed by atoms with Gasteiger partial charge in [0.25, 0.3) is 0 Å². The minimum Gasteiger partial charge on any atom is -0.309 e. The molecular weight excluding hydrogens is 226 g/mol. The summed E-state index contributed by atoms with van der Waals surface area (Å²) in [5, 5.41) is 3.56. The Labute approximate surface area is 101 Å². The summed E-state index contributed by atoms with van der Waals surface area (Å²) >= 11 is 7.59. The second-order valence-electron chi connectivity index (χ2n) is 4.40. The number of nitrogens with one attached hydrogen (secondary N) is 1. The topological polar surface area (TPSA) is 12.0 Å². The van der Waals surface area contributed by atoms with Crippen LogP contribution >= 0.6 is 22.9 Å². The molecule has 0 aromatic carbocycles. The molecule has 1 nitrogen and oxygen atoms in total. The number of hydrogen-bond donors (Lipinski definition) is 1. The second kappa shape index (κ2) is 5.33. The molecule has 0 spiro atoms. The first-order valence-electron chi connectivity index (χ1n) is 5.74. The van der Waals surface area contributed by atoms with Crippen molar-refractivity contribution in [1.29, 1.82) is 0 Å². The van der Waals surface area contributed by atoms with Crippen LogP contribution in [0, 0.1) is 5.92 Å². The van der Waals surface area contributed by atoms with Crippen LogP contribution in [0.4, 0.5) is 0 Å². The van der Waals surface area contributed by atoms with Crippen LogP contribution in [0.15, 0.2) is 12.1 Å². The minimum absolute atomic E-state index is 0.447. The highest BCUT2D eigenvalue weighted by molar-refractivity contribution is 7.16. The Balaban J connectivity index is 1.69. The first-order chi connectivity index (χ1) is 7.25. The van der Waals surface area contributed by atoms with Gasteiger partial charge in [-0.05, 0) is 37.9 Å². The number of halogens is 1. The lowest BCUT2D eigenvalue weighted by Gasteiger charge is -2.25. The Morgan fingerprint density at radius 2 is 2.33 bits per heavy atom. The maximum atomic E-state index is 5.91. The van der Waals surface area contributed by atoms with Crippen LogP contribution < -0.4 is 5.32 Å². The molecule has 1 saturated carbocycles. The average Bonchev–Trinajstić information content (AvgIpc) is 2.56. The SMILES string of the molecule is CC(NCCC1CCC1)c1ccc(Cl)s1. The van der Waals surface area contributed by atoms with Crippen LogP contribution in [0.2, 0.25) is 4.34 Å². The molecule has 1 fully saturated rings. The summed E-state index contributed by atoms with van der Waals surface area (Å²) in [6.45, 7) is 3.35. The van der Waals surface area contributed by atoms with Crippen molar-refractivity contribution >= 4 is 22.9 Å². The van der Waals surface area contributed by atoms with E-state index in [2.05, 4.69) is 18.3 Å². The Bertz CT molecular complexity index is 306. The molecule has 1 aliphatic carbocycles. The van der Waals surface area contributed by atoms with Gasteiger partial charge in [0.1, 0.15) is 0 Å². The molecule has 1 heterocycles. The smallest absolute Gasteiger partial charge is 0.0931 e. The van der Waals surface area contributed by atoms with Crippen LogP contribution in [-0.2, 0) is 0 Å². The molecule has 1 aliphatic rings. The van der Waals surface area contributed by atoms with Gasteiger partial charge in [-0.1, -0.05) is 30.9 Å². The van der Waals surface area contributed by atoms with E-state index < -0.39 is 0 Å². The van der Waals surface area contributed by atoms with E-state index in [4.69, 9.17) is 11.6 Å². The fraction of sp³-hybridized carbons (Fsp3) is 0.667. The Morgan fingerprint density at radius 1 is 1.53 bits per heavy atom.